The Hall–Kier alpha value is -5.11. The fourth-order valence-electron chi connectivity index (χ4n) is 7.07. The maximum Gasteiger partial charge on any atom is 0.235 e. The predicted octanol–water partition coefficient (Wildman–Crippen LogP) is 1.25. The number of aliphatic hydroxyl groups is 1. The van der Waals surface area contributed by atoms with Crippen LogP contribution in [0.4, 0.5) is 11.4 Å². The van der Waals surface area contributed by atoms with E-state index in [1.165, 1.54) is 0 Å². The van der Waals surface area contributed by atoms with Gasteiger partial charge in [-0.15, -0.1) is 0 Å². The number of fused-ring (bicyclic) bond motifs is 2. The first-order valence-electron chi connectivity index (χ1n) is 16.3. The lowest BCUT2D eigenvalue weighted by Gasteiger charge is -2.40. The standard InChI is InChI=1S/C17H20N4O3.C17H18N4O3/c2*1-20-14-6-11(21-7-10(8-21)9-22)2-3-12(14)16(19-20)13-4-5-15(23)18-17(13)24/h2-3,6,10,13,22H,4-5,7-9H2,1H3,(H,18,23,24);2-3,6,9-10,13H,4-5,7-8H2,1H3,(H,18,23,24). The molecule has 4 aliphatic rings. The second-order valence-electron chi connectivity index (χ2n) is 13.2. The predicted molar refractivity (Wildman–Crippen MR) is 176 cm³/mol. The summed E-state index contributed by atoms with van der Waals surface area (Å²) in [5, 5.41) is 24.9. The summed E-state index contributed by atoms with van der Waals surface area (Å²) >= 11 is 0. The number of anilines is 2. The van der Waals surface area contributed by atoms with Crippen LogP contribution in [0.15, 0.2) is 36.4 Å². The number of rotatable bonds is 6. The smallest absolute Gasteiger partial charge is 0.235 e. The van der Waals surface area contributed by atoms with Crippen LogP contribution in [0.2, 0.25) is 0 Å². The normalized spacial score (nSPS) is 21.8. The zero-order chi connectivity index (χ0) is 33.7. The molecule has 2 unspecified atom stereocenters. The molecule has 48 heavy (non-hydrogen) atoms. The van der Waals surface area contributed by atoms with Crippen molar-refractivity contribution in [1.82, 2.24) is 30.2 Å². The summed E-state index contributed by atoms with van der Waals surface area (Å²) in [5.41, 5.74) is 5.53. The highest BCUT2D eigenvalue weighted by molar-refractivity contribution is 6.03. The van der Waals surface area contributed by atoms with Gasteiger partial charge in [0.15, 0.2) is 0 Å². The van der Waals surface area contributed by atoms with E-state index in [0.29, 0.717) is 31.6 Å². The molecule has 0 spiro atoms. The van der Waals surface area contributed by atoms with Crippen LogP contribution in [0.1, 0.15) is 48.9 Å². The summed E-state index contributed by atoms with van der Waals surface area (Å²) in [6.45, 7) is 3.43. The van der Waals surface area contributed by atoms with Gasteiger partial charge in [-0.3, -0.25) is 39.2 Å². The van der Waals surface area contributed by atoms with Gasteiger partial charge in [-0.2, -0.15) is 10.2 Å². The Morgan fingerprint density at radius 2 is 1.21 bits per heavy atom. The summed E-state index contributed by atoms with van der Waals surface area (Å²) < 4.78 is 3.57. The Morgan fingerprint density at radius 1 is 0.750 bits per heavy atom. The van der Waals surface area contributed by atoms with Gasteiger partial charge in [-0.05, 0) is 49.2 Å². The molecule has 0 aliphatic carbocycles. The van der Waals surface area contributed by atoms with Crippen molar-refractivity contribution in [3.05, 3.63) is 47.8 Å². The van der Waals surface area contributed by atoms with Crippen molar-refractivity contribution in [1.29, 1.82) is 0 Å². The van der Waals surface area contributed by atoms with E-state index in [4.69, 9.17) is 5.11 Å². The molecule has 14 nitrogen and oxygen atoms in total. The monoisotopic (exact) mass is 654 g/mol. The van der Waals surface area contributed by atoms with Gasteiger partial charge >= 0.3 is 0 Å². The number of aryl methyl sites for hydroxylation is 2. The van der Waals surface area contributed by atoms with Gasteiger partial charge in [0.1, 0.15) is 6.29 Å². The fourth-order valence-corrected chi connectivity index (χ4v) is 7.07. The first-order chi connectivity index (χ1) is 23.1. The van der Waals surface area contributed by atoms with E-state index in [0.717, 1.165) is 77.0 Å². The molecule has 0 bridgehead atoms. The van der Waals surface area contributed by atoms with E-state index in [1.807, 2.05) is 44.4 Å². The zero-order valence-corrected chi connectivity index (χ0v) is 26.9. The van der Waals surface area contributed by atoms with Crippen LogP contribution >= 0.6 is 0 Å². The van der Waals surface area contributed by atoms with Crippen LogP contribution in [0.3, 0.4) is 0 Å². The lowest BCUT2D eigenvalue weighted by molar-refractivity contribution is -0.135. The highest BCUT2D eigenvalue weighted by Crippen LogP contribution is 2.35. The third kappa shape index (κ3) is 5.69. The zero-order valence-electron chi connectivity index (χ0n) is 26.9. The number of carbonyl (C=O) groups excluding carboxylic acids is 5. The number of benzene rings is 2. The van der Waals surface area contributed by atoms with Crippen molar-refractivity contribution in [3.8, 4) is 0 Å². The molecule has 4 saturated heterocycles. The maximum atomic E-state index is 12.1. The summed E-state index contributed by atoms with van der Waals surface area (Å²) in [5.74, 6) is -1.26. The number of aliphatic hydroxyl groups excluding tert-OH is 1. The Bertz CT molecular complexity index is 1950. The van der Waals surface area contributed by atoms with E-state index in [9.17, 15) is 24.0 Å². The minimum absolute atomic E-state index is 0.117. The molecule has 3 N–H and O–H groups in total. The molecule has 0 radical (unpaired) electrons. The molecule has 6 heterocycles. The second-order valence-corrected chi connectivity index (χ2v) is 13.2. The number of hydrogen-bond acceptors (Lipinski definition) is 10. The molecule has 4 aliphatic heterocycles. The average Bonchev–Trinajstić information content (AvgIpc) is 3.52. The molecular weight excluding hydrogens is 616 g/mol. The summed E-state index contributed by atoms with van der Waals surface area (Å²) in [4.78, 5) is 62.1. The lowest BCUT2D eigenvalue weighted by atomic mass is 9.92. The van der Waals surface area contributed by atoms with Crippen molar-refractivity contribution >= 4 is 63.1 Å². The number of piperidine rings is 2. The quantitative estimate of drug-likeness (QED) is 0.203. The summed E-state index contributed by atoms with van der Waals surface area (Å²) in [6.07, 6.45) is 2.69. The van der Waals surface area contributed by atoms with Gasteiger partial charge in [0.25, 0.3) is 0 Å². The third-order valence-electron chi connectivity index (χ3n) is 9.91. The highest BCUT2D eigenvalue weighted by atomic mass is 16.3. The number of nitrogens with zero attached hydrogens (tertiary/aromatic N) is 6. The van der Waals surface area contributed by atoms with Crippen LogP contribution in [0, 0.1) is 11.8 Å². The van der Waals surface area contributed by atoms with Crippen LogP contribution in [-0.2, 0) is 38.1 Å². The van der Waals surface area contributed by atoms with Crippen LogP contribution in [0.5, 0.6) is 0 Å². The van der Waals surface area contributed by atoms with E-state index in [-0.39, 0.29) is 48.0 Å². The minimum atomic E-state index is -0.388. The van der Waals surface area contributed by atoms with Crippen molar-refractivity contribution in [2.75, 3.05) is 42.6 Å². The molecule has 8 rings (SSSR count). The largest absolute Gasteiger partial charge is 0.396 e. The molecular formula is C34H38N8O6. The van der Waals surface area contributed by atoms with Crippen LogP contribution in [0.25, 0.3) is 21.8 Å². The van der Waals surface area contributed by atoms with E-state index in [2.05, 4.69) is 36.7 Å². The Kier molecular flexibility index (Phi) is 8.19. The number of amides is 4. The van der Waals surface area contributed by atoms with Gasteiger partial charge in [0.05, 0.1) is 34.3 Å². The minimum Gasteiger partial charge on any atom is -0.396 e. The highest BCUT2D eigenvalue weighted by Gasteiger charge is 2.34. The number of aromatic nitrogens is 4. The van der Waals surface area contributed by atoms with Gasteiger partial charge in [-0.1, -0.05) is 0 Å². The molecule has 4 fully saturated rings. The molecule has 2 atom stereocenters. The molecule has 4 amide bonds. The lowest BCUT2D eigenvalue weighted by Crippen LogP contribution is -2.48. The van der Waals surface area contributed by atoms with Crippen molar-refractivity contribution in [2.45, 2.75) is 37.5 Å². The van der Waals surface area contributed by atoms with Crippen LogP contribution in [-0.4, -0.2) is 87.4 Å². The number of aldehydes is 1. The molecule has 14 heteroatoms. The second kappa shape index (κ2) is 12.5. The third-order valence-corrected chi connectivity index (χ3v) is 9.91. The number of nitrogens with one attached hydrogen (secondary N) is 2. The first-order valence-corrected chi connectivity index (χ1v) is 16.3. The molecule has 2 aromatic carbocycles. The van der Waals surface area contributed by atoms with Gasteiger partial charge in [-0.25, -0.2) is 0 Å². The maximum absolute atomic E-state index is 12.1. The van der Waals surface area contributed by atoms with E-state index >= 15 is 0 Å². The molecule has 250 valence electrons. The van der Waals surface area contributed by atoms with Crippen molar-refractivity contribution in [2.24, 2.45) is 25.9 Å². The summed E-state index contributed by atoms with van der Waals surface area (Å²) in [6, 6.07) is 12.1. The van der Waals surface area contributed by atoms with E-state index < -0.39 is 0 Å². The van der Waals surface area contributed by atoms with Gasteiger partial charge < -0.3 is 19.7 Å². The topological polar surface area (TPSA) is 172 Å². The Morgan fingerprint density at radius 3 is 1.62 bits per heavy atom. The SMILES string of the molecule is Cn1nc(C2CCC(=O)NC2=O)c2ccc(N3CC(C=O)C3)cc21.Cn1nc(C2CCC(=O)NC2=O)c2ccc(N3CC(CO)C3)cc21. The van der Waals surface area contributed by atoms with E-state index in [1.54, 1.807) is 9.36 Å². The van der Waals surface area contributed by atoms with Gasteiger partial charge in [0.2, 0.25) is 23.6 Å². The average molecular weight is 655 g/mol. The van der Waals surface area contributed by atoms with Crippen molar-refractivity contribution < 1.29 is 29.1 Å². The molecule has 2 aromatic heterocycles. The number of hydrogen-bond donors (Lipinski definition) is 3. The number of carbonyl (C=O) groups is 5. The van der Waals surface area contributed by atoms with Crippen LogP contribution < -0.4 is 20.4 Å². The molecule has 0 saturated carbocycles. The Balaban J connectivity index is 0.000000152. The van der Waals surface area contributed by atoms with Crippen molar-refractivity contribution in [3.63, 3.8) is 0 Å². The molecule has 4 aromatic rings. The Labute approximate surface area is 276 Å². The van der Waals surface area contributed by atoms with Gasteiger partial charge in [0, 0.05) is 93.7 Å². The number of imide groups is 2. The summed E-state index contributed by atoms with van der Waals surface area (Å²) in [7, 11) is 3.72. The fraction of sp³-hybridized carbons (Fsp3) is 0.441. The first kappa shape index (κ1) is 31.5.